The maximum atomic E-state index is 12.0. The fourth-order valence-electron chi connectivity index (χ4n) is 1.51. The molecule has 0 atom stereocenters. The Balaban J connectivity index is 2.41. The Hall–Kier alpha value is -1.42. The second kappa shape index (κ2) is 3.98. The predicted molar refractivity (Wildman–Crippen MR) is 60.4 cm³/mol. The van der Waals surface area contributed by atoms with Crippen LogP contribution in [0.25, 0.3) is 0 Å². The third-order valence-corrected chi connectivity index (χ3v) is 2.90. The first-order valence-electron chi connectivity index (χ1n) is 4.83. The summed E-state index contributed by atoms with van der Waals surface area (Å²) in [5.41, 5.74) is 2.30. The van der Waals surface area contributed by atoms with Crippen LogP contribution in [0.4, 0.5) is 0 Å². The Morgan fingerprint density at radius 1 is 1.60 bits per heavy atom. The Morgan fingerprint density at radius 2 is 2.40 bits per heavy atom. The number of carbonyl (C=O) groups is 1. The molecule has 0 fully saturated rings. The van der Waals surface area contributed by atoms with E-state index in [9.17, 15) is 4.79 Å². The normalized spacial score (nSPS) is 10.5. The van der Waals surface area contributed by atoms with Crippen molar-refractivity contribution in [3.8, 4) is 0 Å². The number of hydrogen-bond donors (Lipinski definition) is 0. The third kappa shape index (κ3) is 1.85. The first-order chi connectivity index (χ1) is 7.22. The van der Waals surface area contributed by atoms with Gasteiger partial charge in [-0.25, -0.2) is 0 Å². The molecule has 0 aliphatic rings. The van der Waals surface area contributed by atoms with Crippen LogP contribution in [0.15, 0.2) is 22.9 Å². The molecule has 0 unspecified atom stereocenters. The SMILES string of the molecule is CCn1nc(C)cc1C(=O)c1ccsc1. The van der Waals surface area contributed by atoms with E-state index in [4.69, 9.17) is 0 Å². The van der Waals surface area contributed by atoms with Crippen LogP contribution in [0.5, 0.6) is 0 Å². The highest BCUT2D eigenvalue weighted by Crippen LogP contribution is 2.14. The number of ketones is 1. The number of hydrogen-bond acceptors (Lipinski definition) is 3. The van der Waals surface area contributed by atoms with Crippen LogP contribution in [0, 0.1) is 6.92 Å². The summed E-state index contributed by atoms with van der Waals surface area (Å²) in [4.78, 5) is 12.0. The molecular weight excluding hydrogens is 208 g/mol. The van der Waals surface area contributed by atoms with Crippen molar-refractivity contribution < 1.29 is 4.79 Å². The zero-order valence-corrected chi connectivity index (χ0v) is 9.54. The summed E-state index contributed by atoms with van der Waals surface area (Å²) < 4.78 is 1.75. The van der Waals surface area contributed by atoms with Gasteiger partial charge in [-0.15, -0.1) is 0 Å². The van der Waals surface area contributed by atoms with Gasteiger partial charge in [0, 0.05) is 17.5 Å². The molecule has 2 aromatic rings. The molecule has 0 amide bonds. The van der Waals surface area contributed by atoms with Crippen LogP contribution in [0.2, 0.25) is 0 Å². The average Bonchev–Trinajstić information content (AvgIpc) is 2.84. The molecule has 0 aromatic carbocycles. The fraction of sp³-hybridized carbons (Fsp3) is 0.273. The molecule has 78 valence electrons. The molecule has 3 nitrogen and oxygen atoms in total. The first-order valence-corrected chi connectivity index (χ1v) is 5.78. The van der Waals surface area contributed by atoms with Gasteiger partial charge in [0.05, 0.1) is 5.69 Å². The fourth-order valence-corrected chi connectivity index (χ4v) is 2.15. The minimum absolute atomic E-state index is 0.0544. The summed E-state index contributed by atoms with van der Waals surface area (Å²) in [7, 11) is 0. The number of rotatable bonds is 3. The van der Waals surface area contributed by atoms with Gasteiger partial charge in [0.1, 0.15) is 5.69 Å². The van der Waals surface area contributed by atoms with Crippen molar-refractivity contribution in [1.29, 1.82) is 0 Å². The Bertz CT molecular complexity index is 471. The van der Waals surface area contributed by atoms with Crippen LogP contribution in [-0.4, -0.2) is 15.6 Å². The molecule has 15 heavy (non-hydrogen) atoms. The van der Waals surface area contributed by atoms with E-state index in [-0.39, 0.29) is 5.78 Å². The standard InChI is InChI=1S/C11H12N2OS/c1-3-13-10(6-8(2)12-13)11(14)9-4-5-15-7-9/h4-7H,3H2,1-2H3. The lowest BCUT2D eigenvalue weighted by Crippen LogP contribution is -2.09. The van der Waals surface area contributed by atoms with Crippen molar-refractivity contribution in [3.63, 3.8) is 0 Å². The summed E-state index contributed by atoms with van der Waals surface area (Å²) in [6.07, 6.45) is 0. The minimum Gasteiger partial charge on any atom is -0.287 e. The zero-order valence-electron chi connectivity index (χ0n) is 8.73. The minimum atomic E-state index is 0.0544. The van der Waals surface area contributed by atoms with Crippen molar-refractivity contribution in [1.82, 2.24) is 9.78 Å². The highest BCUT2D eigenvalue weighted by Gasteiger charge is 2.15. The Kier molecular flexibility index (Phi) is 2.68. The van der Waals surface area contributed by atoms with Crippen molar-refractivity contribution in [2.45, 2.75) is 20.4 Å². The number of thiophene rings is 1. The van der Waals surface area contributed by atoms with Crippen molar-refractivity contribution in [2.24, 2.45) is 0 Å². The molecule has 0 saturated heterocycles. The predicted octanol–water partition coefficient (Wildman–Crippen LogP) is 2.50. The number of carbonyl (C=O) groups excluding carboxylic acids is 1. The van der Waals surface area contributed by atoms with Crippen LogP contribution in [0.1, 0.15) is 28.7 Å². The molecular formula is C11H12N2OS. The number of aryl methyl sites for hydroxylation is 2. The maximum absolute atomic E-state index is 12.0. The van der Waals surface area contributed by atoms with E-state index in [0.29, 0.717) is 5.69 Å². The Morgan fingerprint density at radius 3 is 3.00 bits per heavy atom. The lowest BCUT2D eigenvalue weighted by molar-refractivity contribution is 0.102. The summed E-state index contributed by atoms with van der Waals surface area (Å²) >= 11 is 1.53. The average molecular weight is 220 g/mol. The van der Waals surface area contributed by atoms with Crippen molar-refractivity contribution >= 4 is 17.1 Å². The van der Waals surface area contributed by atoms with E-state index in [1.54, 1.807) is 4.68 Å². The van der Waals surface area contributed by atoms with Gasteiger partial charge >= 0.3 is 0 Å². The van der Waals surface area contributed by atoms with E-state index in [1.807, 2.05) is 36.7 Å². The molecule has 0 aliphatic heterocycles. The second-order valence-corrected chi connectivity index (χ2v) is 4.11. The Labute approximate surface area is 92.4 Å². The summed E-state index contributed by atoms with van der Waals surface area (Å²) in [6.45, 7) is 4.60. The molecule has 0 radical (unpaired) electrons. The molecule has 4 heteroatoms. The third-order valence-electron chi connectivity index (χ3n) is 2.22. The van der Waals surface area contributed by atoms with Crippen LogP contribution < -0.4 is 0 Å². The van der Waals surface area contributed by atoms with Gasteiger partial charge in [-0.05, 0) is 31.4 Å². The monoisotopic (exact) mass is 220 g/mol. The van der Waals surface area contributed by atoms with E-state index in [0.717, 1.165) is 17.8 Å². The molecule has 0 saturated carbocycles. The van der Waals surface area contributed by atoms with Crippen molar-refractivity contribution in [3.05, 3.63) is 39.8 Å². The number of nitrogens with zero attached hydrogens (tertiary/aromatic N) is 2. The molecule has 2 aromatic heterocycles. The quantitative estimate of drug-likeness (QED) is 0.745. The maximum Gasteiger partial charge on any atom is 0.211 e. The van der Waals surface area contributed by atoms with Gasteiger partial charge < -0.3 is 0 Å². The molecule has 0 spiro atoms. The van der Waals surface area contributed by atoms with E-state index in [1.165, 1.54) is 11.3 Å². The first kappa shape index (κ1) is 10.1. The van der Waals surface area contributed by atoms with Gasteiger partial charge in [-0.2, -0.15) is 16.4 Å². The lowest BCUT2D eigenvalue weighted by atomic mass is 10.1. The molecule has 0 aliphatic carbocycles. The topological polar surface area (TPSA) is 34.9 Å². The van der Waals surface area contributed by atoms with Crippen molar-refractivity contribution in [2.75, 3.05) is 0 Å². The molecule has 0 bridgehead atoms. The summed E-state index contributed by atoms with van der Waals surface area (Å²) in [6, 6.07) is 3.68. The van der Waals surface area contributed by atoms with E-state index in [2.05, 4.69) is 5.10 Å². The van der Waals surface area contributed by atoms with Gasteiger partial charge in [0.25, 0.3) is 0 Å². The van der Waals surface area contributed by atoms with Gasteiger partial charge in [0.2, 0.25) is 5.78 Å². The van der Waals surface area contributed by atoms with Crippen LogP contribution >= 0.6 is 11.3 Å². The second-order valence-electron chi connectivity index (χ2n) is 3.33. The zero-order chi connectivity index (χ0) is 10.8. The highest BCUT2D eigenvalue weighted by atomic mass is 32.1. The van der Waals surface area contributed by atoms with Crippen LogP contribution in [-0.2, 0) is 6.54 Å². The largest absolute Gasteiger partial charge is 0.287 e. The van der Waals surface area contributed by atoms with E-state index >= 15 is 0 Å². The smallest absolute Gasteiger partial charge is 0.211 e. The molecule has 2 heterocycles. The number of aromatic nitrogens is 2. The molecule has 2 rings (SSSR count). The van der Waals surface area contributed by atoms with Gasteiger partial charge in [-0.3, -0.25) is 9.48 Å². The van der Waals surface area contributed by atoms with Crippen LogP contribution in [0.3, 0.4) is 0 Å². The lowest BCUT2D eigenvalue weighted by Gasteiger charge is -2.01. The molecule has 0 N–H and O–H groups in total. The van der Waals surface area contributed by atoms with Gasteiger partial charge in [-0.1, -0.05) is 0 Å². The van der Waals surface area contributed by atoms with E-state index < -0.39 is 0 Å². The summed E-state index contributed by atoms with van der Waals surface area (Å²) in [5, 5.41) is 8.03. The summed E-state index contributed by atoms with van der Waals surface area (Å²) in [5.74, 6) is 0.0544. The van der Waals surface area contributed by atoms with Gasteiger partial charge in [0.15, 0.2) is 0 Å². The highest BCUT2D eigenvalue weighted by molar-refractivity contribution is 7.08.